The smallest absolute Gasteiger partial charge is 0.273 e. The van der Waals surface area contributed by atoms with Gasteiger partial charge in [0.05, 0.1) is 6.20 Å². The van der Waals surface area contributed by atoms with Crippen LogP contribution in [0.5, 0.6) is 0 Å². The molecular weight excluding hydrogens is 365 g/mol. The van der Waals surface area contributed by atoms with Gasteiger partial charge in [-0.05, 0) is 30.5 Å². The zero-order chi connectivity index (χ0) is 20.1. The largest absolute Gasteiger partial charge is 0.381 e. The van der Waals surface area contributed by atoms with Gasteiger partial charge in [0.15, 0.2) is 5.69 Å². The first-order valence-electron chi connectivity index (χ1n) is 9.12. The van der Waals surface area contributed by atoms with Gasteiger partial charge in [-0.2, -0.15) is 0 Å². The molecule has 28 heavy (non-hydrogen) atoms. The lowest BCUT2D eigenvalue weighted by Crippen LogP contribution is -2.44. The molecular formula is C19H24FN5O3. The fourth-order valence-corrected chi connectivity index (χ4v) is 3.25. The molecule has 1 N–H and O–H groups in total. The van der Waals surface area contributed by atoms with Crippen LogP contribution in [0.2, 0.25) is 0 Å². The minimum Gasteiger partial charge on any atom is -0.381 e. The van der Waals surface area contributed by atoms with Gasteiger partial charge in [-0.25, -0.2) is 9.07 Å². The van der Waals surface area contributed by atoms with E-state index in [1.807, 2.05) is 6.07 Å². The second-order valence-electron chi connectivity index (χ2n) is 7.18. The van der Waals surface area contributed by atoms with Gasteiger partial charge in [0.25, 0.3) is 5.91 Å². The quantitative estimate of drug-likeness (QED) is 0.796. The van der Waals surface area contributed by atoms with E-state index in [-0.39, 0.29) is 29.9 Å². The number of hydrogen-bond donors (Lipinski definition) is 1. The third-order valence-corrected chi connectivity index (χ3v) is 5.04. The van der Waals surface area contributed by atoms with E-state index in [0.717, 1.165) is 5.56 Å². The molecule has 0 spiro atoms. The van der Waals surface area contributed by atoms with Crippen molar-refractivity contribution in [2.75, 3.05) is 33.9 Å². The van der Waals surface area contributed by atoms with Gasteiger partial charge in [0, 0.05) is 39.3 Å². The lowest BCUT2D eigenvalue weighted by molar-refractivity contribution is -0.129. The minimum absolute atomic E-state index is 0.0118. The molecule has 0 bridgehead atoms. The summed E-state index contributed by atoms with van der Waals surface area (Å²) in [6, 6.07) is 6.48. The molecule has 2 aromatic rings. The van der Waals surface area contributed by atoms with E-state index in [1.165, 1.54) is 27.9 Å². The van der Waals surface area contributed by atoms with Crippen molar-refractivity contribution in [3.05, 3.63) is 47.5 Å². The van der Waals surface area contributed by atoms with Crippen LogP contribution in [0.25, 0.3) is 0 Å². The summed E-state index contributed by atoms with van der Waals surface area (Å²) in [4.78, 5) is 25.7. The first kappa shape index (κ1) is 19.9. The average molecular weight is 389 g/mol. The summed E-state index contributed by atoms with van der Waals surface area (Å²) in [6.07, 6.45) is 2.80. The van der Waals surface area contributed by atoms with Crippen LogP contribution in [-0.4, -0.2) is 65.6 Å². The van der Waals surface area contributed by atoms with E-state index >= 15 is 0 Å². The summed E-state index contributed by atoms with van der Waals surface area (Å²) in [7, 11) is 3.29. The van der Waals surface area contributed by atoms with Gasteiger partial charge in [-0.1, -0.05) is 17.3 Å². The van der Waals surface area contributed by atoms with E-state index in [2.05, 4.69) is 15.6 Å². The number of rotatable bonds is 6. The Balaban J connectivity index is 1.69. The van der Waals surface area contributed by atoms with Gasteiger partial charge < -0.3 is 15.0 Å². The molecule has 2 heterocycles. The SMILES string of the molecule is CN(C)C(=O)Cn1cc(C(=O)NCC2(c3cccc(F)c3)CCOCC2)nn1. The molecule has 1 aliphatic heterocycles. The van der Waals surface area contributed by atoms with Crippen LogP contribution in [-0.2, 0) is 21.5 Å². The molecule has 1 aliphatic rings. The first-order valence-corrected chi connectivity index (χ1v) is 9.12. The minimum atomic E-state index is -0.396. The highest BCUT2D eigenvalue weighted by atomic mass is 19.1. The van der Waals surface area contributed by atoms with Crippen molar-refractivity contribution >= 4 is 11.8 Å². The summed E-state index contributed by atoms with van der Waals surface area (Å²) < 4.78 is 20.5. The van der Waals surface area contributed by atoms with E-state index in [1.54, 1.807) is 20.2 Å². The van der Waals surface area contributed by atoms with E-state index in [4.69, 9.17) is 4.74 Å². The third kappa shape index (κ3) is 4.53. The summed E-state index contributed by atoms with van der Waals surface area (Å²) in [5.41, 5.74) is 0.580. The normalized spacial score (nSPS) is 15.8. The van der Waals surface area contributed by atoms with Crippen molar-refractivity contribution in [3.63, 3.8) is 0 Å². The number of likely N-dealkylation sites (N-methyl/N-ethyl adjacent to an activating group) is 1. The fraction of sp³-hybridized carbons (Fsp3) is 0.474. The molecule has 3 rings (SSSR count). The maximum absolute atomic E-state index is 13.7. The first-order chi connectivity index (χ1) is 13.4. The topological polar surface area (TPSA) is 89.4 Å². The van der Waals surface area contributed by atoms with E-state index in [0.29, 0.717) is 32.6 Å². The zero-order valence-electron chi connectivity index (χ0n) is 16.0. The standard InChI is InChI=1S/C19H24FN5O3/c1-24(2)17(26)12-25-11-16(22-23-25)18(27)21-13-19(6-8-28-9-7-19)14-4-3-5-15(20)10-14/h3-5,10-11H,6-9,12-13H2,1-2H3,(H,21,27). The molecule has 0 radical (unpaired) electrons. The van der Waals surface area contributed by atoms with Crippen LogP contribution >= 0.6 is 0 Å². The number of ether oxygens (including phenoxy) is 1. The predicted octanol–water partition coefficient (Wildman–Crippen LogP) is 0.984. The zero-order valence-corrected chi connectivity index (χ0v) is 16.0. The number of carbonyl (C=O) groups excluding carboxylic acids is 2. The maximum Gasteiger partial charge on any atom is 0.273 e. The lowest BCUT2D eigenvalue weighted by atomic mass is 9.74. The third-order valence-electron chi connectivity index (χ3n) is 5.04. The molecule has 1 aromatic heterocycles. The monoisotopic (exact) mass is 389 g/mol. The Hall–Kier alpha value is -2.81. The summed E-state index contributed by atoms with van der Waals surface area (Å²) in [6.45, 7) is 1.45. The Bertz CT molecular complexity index is 846. The Morgan fingerprint density at radius 1 is 1.32 bits per heavy atom. The highest BCUT2D eigenvalue weighted by molar-refractivity contribution is 5.92. The molecule has 2 amide bonds. The van der Waals surface area contributed by atoms with Crippen molar-refractivity contribution < 1.29 is 18.7 Å². The lowest BCUT2D eigenvalue weighted by Gasteiger charge is -2.37. The van der Waals surface area contributed by atoms with Crippen LogP contribution in [0.15, 0.2) is 30.5 Å². The van der Waals surface area contributed by atoms with E-state index in [9.17, 15) is 14.0 Å². The fourth-order valence-electron chi connectivity index (χ4n) is 3.25. The molecule has 150 valence electrons. The van der Waals surface area contributed by atoms with Crippen molar-refractivity contribution in [2.24, 2.45) is 0 Å². The highest BCUT2D eigenvalue weighted by Crippen LogP contribution is 2.34. The Morgan fingerprint density at radius 2 is 2.07 bits per heavy atom. The molecule has 8 nitrogen and oxygen atoms in total. The Kier molecular flexibility index (Phi) is 6.03. The summed E-state index contributed by atoms with van der Waals surface area (Å²) >= 11 is 0. The van der Waals surface area contributed by atoms with E-state index < -0.39 is 5.41 Å². The predicted molar refractivity (Wildman–Crippen MR) is 99.2 cm³/mol. The summed E-state index contributed by atoms with van der Waals surface area (Å²) in [5, 5.41) is 10.6. The molecule has 0 atom stereocenters. The summed E-state index contributed by atoms with van der Waals surface area (Å²) in [5.74, 6) is -0.835. The molecule has 1 saturated heterocycles. The number of carbonyl (C=O) groups is 2. The van der Waals surface area contributed by atoms with Crippen molar-refractivity contribution in [1.29, 1.82) is 0 Å². The van der Waals surface area contributed by atoms with Gasteiger partial charge in [0.1, 0.15) is 12.4 Å². The number of nitrogens with one attached hydrogen (secondary N) is 1. The number of amides is 2. The number of nitrogens with zero attached hydrogens (tertiary/aromatic N) is 4. The maximum atomic E-state index is 13.7. The Labute approximate surface area is 162 Å². The number of benzene rings is 1. The molecule has 0 unspecified atom stereocenters. The van der Waals surface area contributed by atoms with Gasteiger partial charge >= 0.3 is 0 Å². The molecule has 9 heteroatoms. The Morgan fingerprint density at radius 3 is 2.75 bits per heavy atom. The van der Waals surface area contributed by atoms with Gasteiger partial charge in [-0.15, -0.1) is 5.10 Å². The van der Waals surface area contributed by atoms with Crippen LogP contribution < -0.4 is 5.32 Å². The van der Waals surface area contributed by atoms with Crippen LogP contribution in [0.3, 0.4) is 0 Å². The second-order valence-corrected chi connectivity index (χ2v) is 7.18. The molecule has 1 fully saturated rings. The highest BCUT2D eigenvalue weighted by Gasteiger charge is 2.35. The molecule has 0 saturated carbocycles. The van der Waals surface area contributed by atoms with Crippen LogP contribution in [0, 0.1) is 5.82 Å². The van der Waals surface area contributed by atoms with Crippen molar-refractivity contribution in [1.82, 2.24) is 25.2 Å². The van der Waals surface area contributed by atoms with Crippen molar-refractivity contribution in [2.45, 2.75) is 24.8 Å². The van der Waals surface area contributed by atoms with Crippen LogP contribution in [0.4, 0.5) is 4.39 Å². The van der Waals surface area contributed by atoms with Crippen molar-refractivity contribution in [3.8, 4) is 0 Å². The number of halogens is 1. The average Bonchev–Trinajstić information content (AvgIpc) is 3.15. The van der Waals surface area contributed by atoms with Gasteiger partial charge in [0.2, 0.25) is 5.91 Å². The number of hydrogen-bond acceptors (Lipinski definition) is 5. The number of aromatic nitrogens is 3. The van der Waals surface area contributed by atoms with Gasteiger partial charge in [-0.3, -0.25) is 9.59 Å². The molecule has 1 aromatic carbocycles. The molecule has 0 aliphatic carbocycles. The second kappa shape index (κ2) is 8.47. The van der Waals surface area contributed by atoms with Crippen LogP contribution in [0.1, 0.15) is 28.9 Å².